The lowest BCUT2D eigenvalue weighted by molar-refractivity contribution is -0.0659. The Bertz CT molecular complexity index is 499. The van der Waals surface area contributed by atoms with Gasteiger partial charge in [0, 0.05) is 18.5 Å². The number of rotatable bonds is 6. The fourth-order valence-corrected chi connectivity index (χ4v) is 4.42. The van der Waals surface area contributed by atoms with Crippen LogP contribution in [-0.2, 0) is 21.4 Å². The lowest BCUT2D eigenvalue weighted by Gasteiger charge is -2.40. The minimum atomic E-state index is -3.56. The minimum absolute atomic E-state index is 0.167. The molecule has 1 aliphatic rings. The van der Waals surface area contributed by atoms with Crippen molar-refractivity contribution in [2.45, 2.75) is 36.4 Å². The fraction of sp³-hybridized carbons (Fsp3) is 0.636. The van der Waals surface area contributed by atoms with Crippen LogP contribution in [-0.4, -0.2) is 32.8 Å². The third-order valence-electron chi connectivity index (χ3n) is 3.42. The number of ether oxygens (including phenoxy) is 1. The first-order valence-electron chi connectivity index (χ1n) is 5.75. The number of nitrogens with one attached hydrogen (secondary N) is 1. The molecule has 102 valence electrons. The van der Waals surface area contributed by atoms with Crippen LogP contribution in [0.4, 0.5) is 0 Å². The summed E-state index contributed by atoms with van der Waals surface area (Å²) in [6, 6.07) is 1.51. The molecule has 0 aliphatic heterocycles. The Balaban J connectivity index is 2.08. The van der Waals surface area contributed by atoms with E-state index in [1.54, 1.807) is 12.5 Å². The van der Waals surface area contributed by atoms with Crippen molar-refractivity contribution in [3.05, 3.63) is 16.3 Å². The van der Waals surface area contributed by atoms with E-state index in [1.165, 1.54) is 17.4 Å². The second kappa shape index (κ2) is 5.26. The highest BCUT2D eigenvalue weighted by Gasteiger charge is 2.38. The maximum absolute atomic E-state index is 12.1. The van der Waals surface area contributed by atoms with Gasteiger partial charge in [-0.15, -0.1) is 11.3 Å². The van der Waals surface area contributed by atoms with E-state index in [1.807, 2.05) is 0 Å². The first kappa shape index (κ1) is 14.0. The number of hydrogen-bond donors (Lipinski definition) is 2. The summed E-state index contributed by atoms with van der Waals surface area (Å²) in [5.41, 5.74) is -0.345. The third kappa shape index (κ3) is 2.60. The van der Waals surface area contributed by atoms with Crippen molar-refractivity contribution >= 4 is 21.4 Å². The Labute approximate surface area is 111 Å². The molecule has 0 amide bonds. The van der Waals surface area contributed by atoms with Gasteiger partial charge >= 0.3 is 0 Å². The normalized spacial score (nSPS) is 18.6. The summed E-state index contributed by atoms with van der Waals surface area (Å²) in [4.78, 5) is 0.628. The van der Waals surface area contributed by atoms with Crippen LogP contribution in [0, 0.1) is 0 Å². The maximum atomic E-state index is 12.1. The fourth-order valence-electron chi connectivity index (χ4n) is 2.01. The number of methoxy groups -OCH3 is 1. The molecule has 2 rings (SSSR count). The molecular formula is C11H17NO4S2. The van der Waals surface area contributed by atoms with Gasteiger partial charge < -0.3 is 9.84 Å². The van der Waals surface area contributed by atoms with Gasteiger partial charge in [-0.1, -0.05) is 0 Å². The molecule has 5 nitrogen and oxygen atoms in total. The van der Waals surface area contributed by atoms with Crippen LogP contribution in [0.15, 0.2) is 16.3 Å². The highest BCUT2D eigenvalue weighted by molar-refractivity contribution is 7.89. The first-order valence-corrected chi connectivity index (χ1v) is 8.11. The van der Waals surface area contributed by atoms with E-state index in [-0.39, 0.29) is 23.6 Å². The maximum Gasteiger partial charge on any atom is 0.241 e. The molecule has 1 aromatic heterocycles. The smallest absolute Gasteiger partial charge is 0.241 e. The molecule has 7 heteroatoms. The molecular weight excluding hydrogens is 274 g/mol. The summed E-state index contributed by atoms with van der Waals surface area (Å²) in [6.07, 6.45) is 2.82. The van der Waals surface area contributed by atoms with Crippen LogP contribution in [0.1, 0.15) is 24.1 Å². The zero-order chi connectivity index (χ0) is 13.2. The monoisotopic (exact) mass is 291 g/mol. The van der Waals surface area contributed by atoms with Crippen molar-refractivity contribution in [1.82, 2.24) is 4.72 Å². The van der Waals surface area contributed by atoms with Crippen LogP contribution in [0.5, 0.6) is 0 Å². The molecule has 0 saturated heterocycles. The molecule has 0 bridgehead atoms. The quantitative estimate of drug-likeness (QED) is 0.822. The molecule has 1 fully saturated rings. The predicted octanol–water partition coefficient (Wildman–Crippen LogP) is 1.09. The number of aliphatic hydroxyl groups excluding tert-OH is 1. The topological polar surface area (TPSA) is 75.6 Å². The Morgan fingerprint density at radius 2 is 2.28 bits per heavy atom. The highest BCUT2D eigenvalue weighted by atomic mass is 32.2. The van der Waals surface area contributed by atoms with Gasteiger partial charge in [0.15, 0.2) is 0 Å². The predicted molar refractivity (Wildman–Crippen MR) is 69.0 cm³/mol. The molecule has 0 spiro atoms. The van der Waals surface area contributed by atoms with Gasteiger partial charge in [-0.25, -0.2) is 13.1 Å². The minimum Gasteiger partial charge on any atom is -0.391 e. The largest absolute Gasteiger partial charge is 0.391 e. The van der Waals surface area contributed by atoms with Crippen molar-refractivity contribution in [3.8, 4) is 0 Å². The molecule has 2 N–H and O–H groups in total. The van der Waals surface area contributed by atoms with Crippen LogP contribution in [0.25, 0.3) is 0 Å². The van der Waals surface area contributed by atoms with Gasteiger partial charge in [0.25, 0.3) is 0 Å². The summed E-state index contributed by atoms with van der Waals surface area (Å²) in [6.45, 7) is 0.0237. The molecule has 0 unspecified atom stereocenters. The van der Waals surface area contributed by atoms with E-state index in [4.69, 9.17) is 9.84 Å². The Kier molecular flexibility index (Phi) is 4.08. The summed E-state index contributed by atoms with van der Waals surface area (Å²) in [5.74, 6) is 0. The molecule has 0 aromatic carbocycles. The van der Waals surface area contributed by atoms with Gasteiger partial charge in [-0.3, -0.25) is 0 Å². The van der Waals surface area contributed by atoms with Crippen molar-refractivity contribution in [2.24, 2.45) is 0 Å². The third-order valence-corrected chi connectivity index (χ3v) is 5.94. The van der Waals surface area contributed by atoms with Gasteiger partial charge in [0.05, 0.1) is 17.1 Å². The zero-order valence-corrected chi connectivity index (χ0v) is 11.8. The second-order valence-electron chi connectivity index (χ2n) is 4.43. The summed E-state index contributed by atoms with van der Waals surface area (Å²) >= 11 is 1.23. The van der Waals surface area contributed by atoms with Gasteiger partial charge in [0.2, 0.25) is 10.0 Å². The van der Waals surface area contributed by atoms with Gasteiger partial charge in [-0.2, -0.15) is 0 Å². The summed E-state index contributed by atoms with van der Waals surface area (Å²) < 4.78 is 32.2. The second-order valence-corrected chi connectivity index (χ2v) is 7.17. The van der Waals surface area contributed by atoms with E-state index in [0.717, 1.165) is 19.3 Å². The molecule has 1 aromatic rings. The van der Waals surface area contributed by atoms with Crippen molar-refractivity contribution in [2.75, 3.05) is 13.7 Å². The molecule has 0 atom stereocenters. The first-order chi connectivity index (χ1) is 8.53. The molecule has 0 radical (unpaired) electrons. The van der Waals surface area contributed by atoms with Crippen LogP contribution in [0.2, 0.25) is 0 Å². The van der Waals surface area contributed by atoms with Crippen LogP contribution in [0.3, 0.4) is 0 Å². The Hall–Kier alpha value is -0.470. The lowest BCUT2D eigenvalue weighted by Crippen LogP contribution is -2.49. The molecule has 18 heavy (non-hydrogen) atoms. The Morgan fingerprint density at radius 1 is 1.56 bits per heavy atom. The standard InChI is InChI=1S/C11H17NO4S2/c1-16-11(4-2-5-11)8-12-18(14,15)10-3-6-17-9(10)7-13/h3,6,12-13H,2,4-5,7-8H2,1H3. The summed E-state index contributed by atoms with van der Waals surface area (Å²) in [5, 5.41) is 10.8. The zero-order valence-electron chi connectivity index (χ0n) is 10.2. The van der Waals surface area contributed by atoms with Crippen LogP contribution >= 0.6 is 11.3 Å². The lowest BCUT2D eigenvalue weighted by atomic mass is 9.80. The van der Waals surface area contributed by atoms with Gasteiger partial charge in [0.1, 0.15) is 0 Å². The number of aliphatic hydroxyl groups is 1. The van der Waals surface area contributed by atoms with E-state index in [9.17, 15) is 8.42 Å². The van der Waals surface area contributed by atoms with Crippen LogP contribution < -0.4 is 4.72 Å². The van der Waals surface area contributed by atoms with E-state index in [2.05, 4.69) is 4.72 Å². The SMILES string of the molecule is COC1(CNS(=O)(=O)c2ccsc2CO)CCC1. The number of hydrogen-bond acceptors (Lipinski definition) is 5. The van der Waals surface area contributed by atoms with E-state index >= 15 is 0 Å². The average molecular weight is 291 g/mol. The van der Waals surface area contributed by atoms with Crippen molar-refractivity contribution in [3.63, 3.8) is 0 Å². The van der Waals surface area contributed by atoms with E-state index < -0.39 is 10.0 Å². The average Bonchev–Trinajstić information content (AvgIpc) is 2.77. The Morgan fingerprint density at radius 3 is 2.78 bits per heavy atom. The highest BCUT2D eigenvalue weighted by Crippen LogP contribution is 2.34. The van der Waals surface area contributed by atoms with Gasteiger partial charge in [-0.05, 0) is 30.7 Å². The number of thiophene rings is 1. The van der Waals surface area contributed by atoms with E-state index in [0.29, 0.717) is 4.88 Å². The van der Waals surface area contributed by atoms with Crippen molar-refractivity contribution in [1.29, 1.82) is 0 Å². The molecule has 1 heterocycles. The molecule has 1 aliphatic carbocycles. The summed E-state index contributed by atoms with van der Waals surface area (Å²) in [7, 11) is -1.95. The van der Waals surface area contributed by atoms with Crippen molar-refractivity contribution < 1.29 is 18.3 Å². The molecule has 1 saturated carbocycles. The number of sulfonamides is 1.